The third-order valence-electron chi connectivity index (χ3n) is 3.14. The summed E-state index contributed by atoms with van der Waals surface area (Å²) in [7, 11) is 0. The van der Waals surface area contributed by atoms with Crippen LogP contribution in [0.15, 0.2) is 0 Å². The highest BCUT2D eigenvalue weighted by atomic mass is 16.6. The van der Waals surface area contributed by atoms with Crippen molar-refractivity contribution in [2.24, 2.45) is 5.73 Å². The molecule has 28 heavy (non-hydrogen) atoms. The molecule has 4 N–H and O–H groups in total. The summed E-state index contributed by atoms with van der Waals surface area (Å²) in [6.07, 6.45) is 0.109. The van der Waals surface area contributed by atoms with Gasteiger partial charge in [0.05, 0.1) is 66.1 Å². The Bertz CT molecular complexity index is 383. The molecule has 0 rings (SSSR count). The van der Waals surface area contributed by atoms with Gasteiger partial charge in [0.15, 0.2) is 0 Å². The fourth-order valence-corrected chi connectivity index (χ4v) is 1.76. The maximum Gasteiger partial charge on any atom is 0.323 e. The lowest BCUT2D eigenvalue weighted by Gasteiger charge is -2.12. The van der Waals surface area contributed by atoms with Crippen LogP contribution < -0.4 is 5.73 Å². The van der Waals surface area contributed by atoms with E-state index >= 15 is 0 Å². The van der Waals surface area contributed by atoms with Crippen molar-refractivity contribution in [1.29, 1.82) is 0 Å². The number of aliphatic hydroxyl groups excluding tert-OH is 2. The molecule has 0 saturated carbocycles. The third-order valence-corrected chi connectivity index (χ3v) is 3.14. The van der Waals surface area contributed by atoms with E-state index in [2.05, 4.69) is 0 Å². The minimum atomic E-state index is -0.916. The Morgan fingerprint density at radius 2 is 1.11 bits per heavy atom. The van der Waals surface area contributed by atoms with Gasteiger partial charge in [-0.15, -0.1) is 0 Å². The summed E-state index contributed by atoms with van der Waals surface area (Å²) in [4.78, 5) is 23.2. The second-order valence-corrected chi connectivity index (χ2v) is 5.43. The monoisotopic (exact) mass is 411 g/mol. The third kappa shape index (κ3) is 18.0. The molecule has 11 nitrogen and oxygen atoms in total. The molecule has 0 radical (unpaired) electrons. The summed E-state index contributed by atoms with van der Waals surface area (Å²) in [6.45, 7) is 2.38. The minimum absolute atomic E-state index is 0.00538. The molecule has 0 aromatic carbocycles. The lowest BCUT2D eigenvalue weighted by atomic mass is 10.2. The van der Waals surface area contributed by atoms with E-state index in [1.54, 1.807) is 0 Å². The van der Waals surface area contributed by atoms with Crippen molar-refractivity contribution >= 4 is 11.9 Å². The molecule has 0 aromatic heterocycles. The van der Waals surface area contributed by atoms with Crippen LogP contribution in [0.25, 0.3) is 0 Å². The van der Waals surface area contributed by atoms with Crippen molar-refractivity contribution in [1.82, 2.24) is 0 Å². The SMILES string of the molecule is N[C@@H](CCC(=O)OCCOCCOCCO)C(=O)OCCOCCOCCO. The molecule has 0 aliphatic heterocycles. The van der Waals surface area contributed by atoms with Gasteiger partial charge in [-0.2, -0.15) is 0 Å². The molecule has 0 aliphatic carbocycles. The molecule has 0 fully saturated rings. The quantitative estimate of drug-likeness (QED) is 0.154. The Morgan fingerprint density at radius 1 is 0.679 bits per heavy atom. The highest BCUT2D eigenvalue weighted by Crippen LogP contribution is 2.00. The number of carbonyl (C=O) groups is 2. The summed E-state index contributed by atoms with van der Waals surface area (Å²) in [5.41, 5.74) is 5.67. The molecule has 0 unspecified atom stereocenters. The summed E-state index contributed by atoms with van der Waals surface area (Å²) in [5, 5.41) is 17.0. The largest absolute Gasteiger partial charge is 0.463 e. The van der Waals surface area contributed by atoms with Crippen molar-refractivity contribution in [2.45, 2.75) is 18.9 Å². The zero-order valence-electron chi connectivity index (χ0n) is 16.2. The van der Waals surface area contributed by atoms with Crippen LogP contribution in [0.1, 0.15) is 12.8 Å². The molecule has 0 heterocycles. The summed E-state index contributed by atoms with van der Waals surface area (Å²) >= 11 is 0. The lowest BCUT2D eigenvalue weighted by molar-refractivity contribution is -0.148. The Morgan fingerprint density at radius 3 is 1.61 bits per heavy atom. The highest BCUT2D eigenvalue weighted by Gasteiger charge is 2.17. The molecule has 0 aliphatic rings. The van der Waals surface area contributed by atoms with Gasteiger partial charge in [0, 0.05) is 6.42 Å². The van der Waals surface area contributed by atoms with Crippen LogP contribution in [0.5, 0.6) is 0 Å². The van der Waals surface area contributed by atoms with Gasteiger partial charge < -0.3 is 44.4 Å². The first-order chi connectivity index (χ1) is 13.6. The van der Waals surface area contributed by atoms with Crippen LogP contribution in [-0.4, -0.2) is 107 Å². The van der Waals surface area contributed by atoms with Gasteiger partial charge in [-0.05, 0) is 6.42 Å². The van der Waals surface area contributed by atoms with Gasteiger partial charge >= 0.3 is 11.9 Å². The Balaban J connectivity index is 3.50. The fraction of sp³-hybridized carbons (Fsp3) is 0.882. The zero-order chi connectivity index (χ0) is 20.9. The normalized spacial score (nSPS) is 12.0. The van der Waals surface area contributed by atoms with Gasteiger partial charge in [-0.1, -0.05) is 0 Å². The Kier molecular flexibility index (Phi) is 19.4. The van der Waals surface area contributed by atoms with E-state index in [-0.39, 0.29) is 65.7 Å². The standard InChI is InChI=1S/C17H33NO10/c18-15(17(22)28-14-12-26-10-8-24-6-4-20)1-2-16(21)27-13-11-25-9-7-23-5-3-19/h15,19-20H,1-14,18H2/t15-/m0/s1. The maximum absolute atomic E-state index is 11.7. The second kappa shape index (κ2) is 20.4. The number of ether oxygens (including phenoxy) is 6. The van der Waals surface area contributed by atoms with Crippen LogP contribution >= 0.6 is 0 Å². The molecule has 0 spiro atoms. The van der Waals surface area contributed by atoms with Crippen LogP contribution in [0, 0.1) is 0 Å². The molecular weight excluding hydrogens is 378 g/mol. The van der Waals surface area contributed by atoms with Crippen LogP contribution in [0.3, 0.4) is 0 Å². The Hall–Kier alpha value is -1.34. The van der Waals surface area contributed by atoms with Crippen molar-refractivity contribution in [3.05, 3.63) is 0 Å². The number of nitrogens with two attached hydrogens (primary N) is 1. The molecule has 0 saturated heterocycles. The predicted molar refractivity (Wildman–Crippen MR) is 96.6 cm³/mol. The first-order valence-corrected chi connectivity index (χ1v) is 9.22. The van der Waals surface area contributed by atoms with Gasteiger partial charge in [0.25, 0.3) is 0 Å². The molecule has 0 aromatic rings. The molecule has 0 bridgehead atoms. The van der Waals surface area contributed by atoms with Gasteiger partial charge in [0.1, 0.15) is 19.3 Å². The Labute approximate surface area is 165 Å². The molecule has 11 heteroatoms. The number of hydrogen-bond acceptors (Lipinski definition) is 11. The van der Waals surface area contributed by atoms with E-state index in [1.807, 2.05) is 0 Å². The molecule has 166 valence electrons. The van der Waals surface area contributed by atoms with Crippen molar-refractivity contribution in [2.75, 3.05) is 79.3 Å². The number of hydrogen-bond donors (Lipinski definition) is 3. The number of aliphatic hydroxyl groups is 2. The van der Waals surface area contributed by atoms with Crippen LogP contribution in [0.4, 0.5) is 0 Å². The van der Waals surface area contributed by atoms with Crippen molar-refractivity contribution in [3.63, 3.8) is 0 Å². The van der Waals surface area contributed by atoms with E-state index in [1.165, 1.54) is 0 Å². The zero-order valence-corrected chi connectivity index (χ0v) is 16.2. The van der Waals surface area contributed by atoms with Crippen molar-refractivity contribution < 1.29 is 48.2 Å². The van der Waals surface area contributed by atoms with Gasteiger partial charge in [0.2, 0.25) is 0 Å². The average molecular weight is 411 g/mol. The smallest absolute Gasteiger partial charge is 0.323 e. The highest BCUT2D eigenvalue weighted by molar-refractivity contribution is 5.77. The van der Waals surface area contributed by atoms with Crippen LogP contribution in [0.2, 0.25) is 0 Å². The average Bonchev–Trinajstić information content (AvgIpc) is 2.69. The number of esters is 2. The number of rotatable bonds is 20. The van der Waals surface area contributed by atoms with E-state index in [0.29, 0.717) is 26.4 Å². The predicted octanol–water partition coefficient (Wildman–Crippen LogP) is -1.77. The van der Waals surface area contributed by atoms with E-state index in [9.17, 15) is 9.59 Å². The first-order valence-electron chi connectivity index (χ1n) is 9.22. The fourth-order valence-electron chi connectivity index (χ4n) is 1.76. The molecule has 0 amide bonds. The lowest BCUT2D eigenvalue weighted by Crippen LogP contribution is -2.33. The van der Waals surface area contributed by atoms with Crippen LogP contribution in [-0.2, 0) is 38.0 Å². The van der Waals surface area contributed by atoms with Crippen molar-refractivity contribution in [3.8, 4) is 0 Å². The van der Waals surface area contributed by atoms with E-state index < -0.39 is 18.0 Å². The molecule has 1 atom stereocenters. The van der Waals surface area contributed by atoms with E-state index in [4.69, 9.17) is 44.4 Å². The van der Waals surface area contributed by atoms with Gasteiger partial charge in [-0.25, -0.2) is 0 Å². The number of carbonyl (C=O) groups excluding carboxylic acids is 2. The summed E-state index contributed by atoms with van der Waals surface area (Å²) in [6, 6.07) is -0.916. The summed E-state index contributed by atoms with van der Waals surface area (Å²) in [5.74, 6) is -1.09. The second-order valence-electron chi connectivity index (χ2n) is 5.43. The van der Waals surface area contributed by atoms with Gasteiger partial charge in [-0.3, -0.25) is 9.59 Å². The maximum atomic E-state index is 11.7. The molecular formula is C17H33NO10. The topological polar surface area (TPSA) is 156 Å². The summed E-state index contributed by atoms with van der Waals surface area (Å²) < 4.78 is 30.2. The first kappa shape index (κ1) is 26.7. The minimum Gasteiger partial charge on any atom is -0.463 e. The van der Waals surface area contributed by atoms with E-state index in [0.717, 1.165) is 0 Å².